The van der Waals surface area contributed by atoms with Crippen LogP contribution in [-0.4, -0.2) is 32.6 Å². The van der Waals surface area contributed by atoms with Crippen molar-refractivity contribution >= 4 is 35.5 Å². The molecule has 0 spiro atoms. The number of carbonyl (C=O) groups excluding carboxylic acids is 1. The number of aryl methyl sites for hydroxylation is 1. The summed E-state index contributed by atoms with van der Waals surface area (Å²) in [5.74, 6) is 0.604. The molecule has 8 heteroatoms. The number of hydrogen-bond donors (Lipinski definition) is 1. The second-order valence-electron chi connectivity index (χ2n) is 6.95. The van der Waals surface area contributed by atoms with E-state index in [2.05, 4.69) is 20.7 Å². The van der Waals surface area contributed by atoms with Gasteiger partial charge in [0.15, 0.2) is 11.0 Å². The van der Waals surface area contributed by atoms with Crippen LogP contribution in [0.2, 0.25) is 5.02 Å². The van der Waals surface area contributed by atoms with Crippen molar-refractivity contribution in [3.8, 4) is 17.1 Å². The van der Waals surface area contributed by atoms with Gasteiger partial charge in [0.05, 0.1) is 12.0 Å². The first-order valence-corrected chi connectivity index (χ1v) is 11.3. The highest BCUT2D eigenvalue weighted by molar-refractivity contribution is 7.99. The molecule has 0 aliphatic rings. The van der Waals surface area contributed by atoms with E-state index in [4.69, 9.17) is 11.6 Å². The maximum absolute atomic E-state index is 12.3. The molecule has 32 heavy (non-hydrogen) atoms. The Bertz CT molecular complexity index is 1240. The fourth-order valence-corrected chi connectivity index (χ4v) is 3.91. The SMILES string of the molecule is Cc1ccc(-c2nnc(SCC(=O)NN=Cc3ccccc3Cl)n2-c2ccccc2)cc1. The largest absolute Gasteiger partial charge is 0.272 e. The van der Waals surface area contributed by atoms with Crippen LogP contribution < -0.4 is 5.43 Å². The van der Waals surface area contributed by atoms with Crippen molar-refractivity contribution in [2.24, 2.45) is 5.10 Å². The number of halogens is 1. The zero-order chi connectivity index (χ0) is 22.3. The Balaban J connectivity index is 1.50. The number of rotatable bonds is 7. The van der Waals surface area contributed by atoms with E-state index in [1.165, 1.54) is 23.5 Å². The number of nitrogens with zero attached hydrogens (tertiary/aromatic N) is 4. The standard InChI is InChI=1S/C24H20ClN5OS/c1-17-11-13-18(14-12-17)23-28-29-24(30(23)20-8-3-2-4-9-20)32-16-22(31)27-26-15-19-7-5-6-10-21(19)25/h2-15H,16H2,1H3,(H,27,31). The lowest BCUT2D eigenvalue weighted by molar-refractivity contribution is -0.118. The third-order valence-electron chi connectivity index (χ3n) is 4.59. The average Bonchev–Trinajstić information content (AvgIpc) is 3.24. The van der Waals surface area contributed by atoms with Crippen LogP contribution in [0, 0.1) is 6.92 Å². The molecule has 1 aromatic heterocycles. The Morgan fingerprint density at radius 1 is 1.03 bits per heavy atom. The Labute approximate surface area is 195 Å². The van der Waals surface area contributed by atoms with Crippen LogP contribution in [0.15, 0.2) is 89.1 Å². The Morgan fingerprint density at radius 3 is 2.50 bits per heavy atom. The average molecular weight is 462 g/mol. The molecule has 1 heterocycles. The molecule has 6 nitrogen and oxygen atoms in total. The zero-order valence-corrected chi connectivity index (χ0v) is 18.8. The van der Waals surface area contributed by atoms with Crippen molar-refractivity contribution in [2.45, 2.75) is 12.1 Å². The molecule has 0 saturated heterocycles. The number of para-hydroxylation sites is 1. The highest BCUT2D eigenvalue weighted by Gasteiger charge is 2.17. The van der Waals surface area contributed by atoms with Gasteiger partial charge in [0.25, 0.3) is 5.91 Å². The van der Waals surface area contributed by atoms with Crippen molar-refractivity contribution in [3.63, 3.8) is 0 Å². The summed E-state index contributed by atoms with van der Waals surface area (Å²) in [6.07, 6.45) is 1.52. The van der Waals surface area contributed by atoms with Crippen molar-refractivity contribution in [3.05, 3.63) is 95.0 Å². The minimum Gasteiger partial charge on any atom is -0.272 e. The summed E-state index contributed by atoms with van der Waals surface area (Å²) in [5.41, 5.74) is 6.30. The molecular weight excluding hydrogens is 442 g/mol. The molecule has 4 rings (SSSR count). The lowest BCUT2D eigenvalue weighted by Gasteiger charge is -2.10. The van der Waals surface area contributed by atoms with E-state index in [9.17, 15) is 4.79 Å². The lowest BCUT2D eigenvalue weighted by Crippen LogP contribution is -2.20. The highest BCUT2D eigenvalue weighted by Crippen LogP contribution is 2.28. The van der Waals surface area contributed by atoms with Crippen LogP contribution in [0.4, 0.5) is 0 Å². The summed E-state index contributed by atoms with van der Waals surface area (Å²) in [6.45, 7) is 2.04. The topological polar surface area (TPSA) is 72.2 Å². The first-order chi connectivity index (χ1) is 15.6. The normalized spacial score (nSPS) is 11.1. The van der Waals surface area contributed by atoms with Gasteiger partial charge >= 0.3 is 0 Å². The molecule has 0 unspecified atom stereocenters. The van der Waals surface area contributed by atoms with Gasteiger partial charge in [-0.15, -0.1) is 10.2 Å². The van der Waals surface area contributed by atoms with E-state index in [1.807, 2.05) is 84.3 Å². The predicted octanol–water partition coefficient (Wildman–Crippen LogP) is 5.14. The third-order valence-corrected chi connectivity index (χ3v) is 5.86. The number of amides is 1. The van der Waals surface area contributed by atoms with Gasteiger partial charge in [-0.05, 0) is 25.1 Å². The Morgan fingerprint density at radius 2 is 1.75 bits per heavy atom. The maximum Gasteiger partial charge on any atom is 0.250 e. The molecule has 0 aliphatic heterocycles. The van der Waals surface area contributed by atoms with Crippen LogP contribution in [0.25, 0.3) is 17.1 Å². The lowest BCUT2D eigenvalue weighted by atomic mass is 10.1. The number of aromatic nitrogens is 3. The Hall–Kier alpha value is -3.42. The van der Waals surface area contributed by atoms with Gasteiger partial charge in [0, 0.05) is 21.8 Å². The van der Waals surface area contributed by atoms with Crippen LogP contribution >= 0.6 is 23.4 Å². The predicted molar refractivity (Wildman–Crippen MR) is 129 cm³/mol. The van der Waals surface area contributed by atoms with Crippen molar-refractivity contribution < 1.29 is 4.79 Å². The van der Waals surface area contributed by atoms with E-state index in [-0.39, 0.29) is 11.7 Å². The van der Waals surface area contributed by atoms with E-state index >= 15 is 0 Å². The molecule has 0 saturated carbocycles. The van der Waals surface area contributed by atoms with Gasteiger partial charge in [-0.3, -0.25) is 9.36 Å². The summed E-state index contributed by atoms with van der Waals surface area (Å²) in [5, 5.41) is 13.9. The molecule has 0 radical (unpaired) electrons. The summed E-state index contributed by atoms with van der Waals surface area (Å²) >= 11 is 7.39. The second-order valence-corrected chi connectivity index (χ2v) is 8.30. The summed E-state index contributed by atoms with van der Waals surface area (Å²) in [6, 6.07) is 25.2. The highest BCUT2D eigenvalue weighted by atomic mass is 35.5. The fourth-order valence-electron chi connectivity index (χ4n) is 2.98. The summed E-state index contributed by atoms with van der Waals surface area (Å²) in [4.78, 5) is 12.3. The quantitative estimate of drug-likeness (QED) is 0.235. The molecule has 0 bridgehead atoms. The van der Waals surface area contributed by atoms with E-state index in [0.29, 0.717) is 10.2 Å². The first-order valence-electron chi connectivity index (χ1n) is 9.89. The molecular formula is C24H20ClN5OS. The zero-order valence-electron chi connectivity index (χ0n) is 17.3. The van der Waals surface area contributed by atoms with Crippen LogP contribution in [0.3, 0.4) is 0 Å². The maximum atomic E-state index is 12.3. The second kappa shape index (κ2) is 10.3. The van der Waals surface area contributed by atoms with Gasteiger partial charge in [-0.1, -0.05) is 89.6 Å². The smallest absolute Gasteiger partial charge is 0.250 e. The van der Waals surface area contributed by atoms with E-state index in [0.717, 1.165) is 22.6 Å². The van der Waals surface area contributed by atoms with Crippen molar-refractivity contribution in [2.75, 3.05) is 5.75 Å². The molecule has 1 N–H and O–H groups in total. The number of hydrazone groups is 1. The van der Waals surface area contributed by atoms with Crippen molar-refractivity contribution in [1.29, 1.82) is 0 Å². The minimum absolute atomic E-state index is 0.138. The number of benzene rings is 3. The molecule has 3 aromatic carbocycles. The first kappa shape index (κ1) is 21.8. The third kappa shape index (κ3) is 5.25. The molecule has 4 aromatic rings. The summed E-state index contributed by atoms with van der Waals surface area (Å²) < 4.78 is 1.95. The monoisotopic (exact) mass is 461 g/mol. The number of nitrogens with one attached hydrogen (secondary N) is 1. The van der Waals surface area contributed by atoms with Gasteiger partial charge in [-0.2, -0.15) is 5.10 Å². The number of hydrogen-bond acceptors (Lipinski definition) is 5. The van der Waals surface area contributed by atoms with Gasteiger partial charge in [0.2, 0.25) is 0 Å². The van der Waals surface area contributed by atoms with Gasteiger partial charge in [-0.25, -0.2) is 5.43 Å². The Kier molecular flexibility index (Phi) is 6.99. The fraction of sp³-hybridized carbons (Fsp3) is 0.0833. The number of thioether (sulfide) groups is 1. The van der Waals surface area contributed by atoms with Crippen LogP contribution in [0.1, 0.15) is 11.1 Å². The van der Waals surface area contributed by atoms with Gasteiger partial charge < -0.3 is 0 Å². The van der Waals surface area contributed by atoms with E-state index < -0.39 is 0 Å². The van der Waals surface area contributed by atoms with Crippen LogP contribution in [0.5, 0.6) is 0 Å². The molecule has 160 valence electrons. The van der Waals surface area contributed by atoms with Crippen molar-refractivity contribution in [1.82, 2.24) is 20.2 Å². The molecule has 0 aliphatic carbocycles. The van der Waals surface area contributed by atoms with Gasteiger partial charge in [0.1, 0.15) is 0 Å². The molecule has 0 atom stereocenters. The molecule has 0 fully saturated rings. The van der Waals surface area contributed by atoms with E-state index in [1.54, 1.807) is 6.07 Å². The minimum atomic E-state index is -0.252. The molecule has 1 amide bonds. The summed E-state index contributed by atoms with van der Waals surface area (Å²) in [7, 11) is 0. The number of carbonyl (C=O) groups is 1. The van der Waals surface area contributed by atoms with Crippen LogP contribution in [-0.2, 0) is 4.79 Å².